The molecule has 0 aromatic heterocycles. The van der Waals surface area contributed by atoms with Gasteiger partial charge >= 0.3 is 5.97 Å². The lowest BCUT2D eigenvalue weighted by Gasteiger charge is -2.15. The van der Waals surface area contributed by atoms with E-state index >= 15 is 0 Å². The number of hydrogen-bond acceptors (Lipinski definition) is 5. The van der Waals surface area contributed by atoms with Gasteiger partial charge in [0, 0.05) is 12.0 Å². The molecular weight excluding hydrogens is 452 g/mol. The number of methoxy groups -OCH3 is 1. The van der Waals surface area contributed by atoms with E-state index < -0.39 is 0 Å². The quantitative estimate of drug-likeness (QED) is 0.217. The molecule has 5 nitrogen and oxygen atoms in total. The van der Waals surface area contributed by atoms with Crippen LogP contribution in [0.5, 0.6) is 11.5 Å². The Morgan fingerprint density at radius 1 is 0.806 bits per heavy atom. The van der Waals surface area contributed by atoms with Crippen molar-refractivity contribution in [2.45, 2.75) is 61.2 Å². The minimum absolute atomic E-state index is 0.176. The molecule has 0 radical (unpaired) electrons. The molecule has 3 rings (SSSR count). The van der Waals surface area contributed by atoms with Crippen LogP contribution in [0.4, 0.5) is 0 Å². The largest absolute Gasteiger partial charge is 0.489 e. The number of rotatable bonds is 10. The molecule has 3 aromatic rings. The number of ketones is 1. The van der Waals surface area contributed by atoms with Crippen LogP contribution in [0.15, 0.2) is 60.7 Å². The Morgan fingerprint density at radius 2 is 1.42 bits per heavy atom. The Kier molecular flexibility index (Phi) is 11.2. The summed E-state index contributed by atoms with van der Waals surface area (Å²) in [4.78, 5) is 24.0. The summed E-state index contributed by atoms with van der Waals surface area (Å²) in [6, 6.07) is 18.6. The molecule has 0 heterocycles. The van der Waals surface area contributed by atoms with Crippen molar-refractivity contribution < 1.29 is 23.8 Å². The number of carbonyl (C=O) groups is 2. The fraction of sp³-hybridized carbons (Fsp3) is 0.355. The minimum Gasteiger partial charge on any atom is -0.489 e. The average molecular weight is 491 g/mol. The van der Waals surface area contributed by atoms with E-state index in [1.54, 1.807) is 24.3 Å². The van der Waals surface area contributed by atoms with Gasteiger partial charge in [-0.3, -0.25) is 4.79 Å². The number of Topliss-reactive ketones (excluding diaryl/α,β-unsaturated/α-hetero) is 1. The van der Waals surface area contributed by atoms with Crippen molar-refractivity contribution in [2.75, 3.05) is 7.11 Å². The molecule has 0 saturated carbocycles. The van der Waals surface area contributed by atoms with Crippen molar-refractivity contribution in [1.82, 2.24) is 0 Å². The second-order valence-electron chi connectivity index (χ2n) is 8.80. The molecular formula is C31H38O5. The van der Waals surface area contributed by atoms with Crippen LogP contribution in [0.25, 0.3) is 0 Å². The van der Waals surface area contributed by atoms with Gasteiger partial charge in [-0.1, -0.05) is 45.9 Å². The first-order chi connectivity index (χ1) is 17.3. The standard InChI is InChI=1S/C29H32O5.C2H6/c1-19(2)15-27(30)26-13-14-28(21(4)20(26)3)34-18-23-8-6-7-22(16-23)17-33-25-11-9-24(10-12-25)29(31)32-5;1-2/h6-14,16,19H,15,17-18H2,1-5H3;1-2H3. The SMILES string of the molecule is CC.COC(=O)c1ccc(OCc2cccc(COc3ccc(C(=O)CC(C)C)c(C)c3C)c2)cc1. The van der Waals surface area contributed by atoms with Gasteiger partial charge < -0.3 is 14.2 Å². The highest BCUT2D eigenvalue weighted by Gasteiger charge is 2.15. The Labute approximate surface area is 215 Å². The summed E-state index contributed by atoms with van der Waals surface area (Å²) in [6.07, 6.45) is 0.546. The minimum atomic E-state index is -0.374. The first kappa shape index (κ1) is 28.6. The molecule has 0 atom stereocenters. The fourth-order valence-electron chi connectivity index (χ4n) is 3.68. The van der Waals surface area contributed by atoms with Gasteiger partial charge in [0.05, 0.1) is 12.7 Å². The molecule has 0 amide bonds. The third-order valence-corrected chi connectivity index (χ3v) is 5.70. The molecule has 0 unspecified atom stereocenters. The van der Waals surface area contributed by atoms with Gasteiger partial charge in [0.15, 0.2) is 5.78 Å². The lowest BCUT2D eigenvalue weighted by Crippen LogP contribution is -2.07. The van der Waals surface area contributed by atoms with Crippen molar-refractivity contribution >= 4 is 11.8 Å². The summed E-state index contributed by atoms with van der Waals surface area (Å²) in [5.74, 6) is 1.59. The van der Waals surface area contributed by atoms with E-state index in [9.17, 15) is 9.59 Å². The molecule has 5 heteroatoms. The van der Waals surface area contributed by atoms with Crippen molar-refractivity contribution in [2.24, 2.45) is 5.92 Å². The molecule has 0 aliphatic rings. The summed E-state index contributed by atoms with van der Waals surface area (Å²) in [7, 11) is 1.36. The molecule has 0 spiro atoms. The Morgan fingerprint density at radius 3 is 2.00 bits per heavy atom. The second-order valence-corrected chi connectivity index (χ2v) is 8.80. The van der Waals surface area contributed by atoms with Gasteiger partial charge in [-0.15, -0.1) is 0 Å². The fourth-order valence-corrected chi connectivity index (χ4v) is 3.68. The molecule has 0 aliphatic heterocycles. The summed E-state index contributed by atoms with van der Waals surface area (Å²) in [5.41, 5.74) is 5.27. The number of hydrogen-bond donors (Lipinski definition) is 0. The van der Waals surface area contributed by atoms with Crippen LogP contribution in [0.3, 0.4) is 0 Å². The van der Waals surface area contributed by atoms with Crippen LogP contribution in [-0.2, 0) is 18.0 Å². The van der Waals surface area contributed by atoms with Gasteiger partial charge in [-0.25, -0.2) is 4.79 Å². The molecule has 0 bridgehead atoms. The highest BCUT2D eigenvalue weighted by Crippen LogP contribution is 2.27. The molecule has 0 saturated heterocycles. The van der Waals surface area contributed by atoms with E-state index in [-0.39, 0.29) is 11.8 Å². The van der Waals surface area contributed by atoms with Gasteiger partial charge in [0.1, 0.15) is 24.7 Å². The molecule has 0 fully saturated rings. The van der Waals surface area contributed by atoms with Crippen LogP contribution < -0.4 is 9.47 Å². The van der Waals surface area contributed by atoms with Crippen molar-refractivity contribution in [3.8, 4) is 11.5 Å². The topological polar surface area (TPSA) is 61.8 Å². The predicted molar refractivity (Wildman–Crippen MR) is 144 cm³/mol. The van der Waals surface area contributed by atoms with Crippen LogP contribution in [-0.4, -0.2) is 18.9 Å². The zero-order chi connectivity index (χ0) is 26.7. The third kappa shape index (κ3) is 7.98. The molecule has 192 valence electrons. The summed E-state index contributed by atoms with van der Waals surface area (Å²) in [5, 5.41) is 0. The van der Waals surface area contributed by atoms with E-state index in [4.69, 9.17) is 14.2 Å². The first-order valence-electron chi connectivity index (χ1n) is 12.4. The van der Waals surface area contributed by atoms with Gasteiger partial charge in [-0.05, 0) is 84.5 Å². The summed E-state index contributed by atoms with van der Waals surface area (Å²) < 4.78 is 16.6. The maximum atomic E-state index is 12.5. The highest BCUT2D eigenvalue weighted by atomic mass is 16.5. The number of esters is 1. The number of benzene rings is 3. The van der Waals surface area contributed by atoms with Gasteiger partial charge in [0.2, 0.25) is 0 Å². The van der Waals surface area contributed by atoms with Crippen LogP contribution in [0, 0.1) is 19.8 Å². The maximum Gasteiger partial charge on any atom is 0.337 e. The molecule has 3 aromatic carbocycles. The van der Waals surface area contributed by atoms with Gasteiger partial charge in [-0.2, -0.15) is 0 Å². The lowest BCUT2D eigenvalue weighted by atomic mass is 9.95. The molecule has 0 aliphatic carbocycles. The highest BCUT2D eigenvalue weighted by molar-refractivity contribution is 5.98. The second kappa shape index (κ2) is 14.1. The lowest BCUT2D eigenvalue weighted by molar-refractivity contribution is 0.0600. The predicted octanol–water partition coefficient (Wildman–Crippen LogP) is 7.50. The maximum absolute atomic E-state index is 12.5. The van der Waals surface area contributed by atoms with E-state index in [0.29, 0.717) is 36.9 Å². The van der Waals surface area contributed by atoms with E-state index in [0.717, 1.165) is 33.6 Å². The Balaban J connectivity index is 0.00000222. The van der Waals surface area contributed by atoms with Crippen molar-refractivity contribution in [3.05, 3.63) is 94.0 Å². The molecule has 0 N–H and O–H groups in total. The Hall–Kier alpha value is -3.60. The average Bonchev–Trinajstić information content (AvgIpc) is 2.89. The van der Waals surface area contributed by atoms with Crippen LogP contribution >= 0.6 is 0 Å². The van der Waals surface area contributed by atoms with Gasteiger partial charge in [0.25, 0.3) is 0 Å². The number of carbonyl (C=O) groups excluding carboxylic acids is 2. The summed E-state index contributed by atoms with van der Waals surface area (Å²) in [6.45, 7) is 12.9. The van der Waals surface area contributed by atoms with E-state index in [2.05, 4.69) is 13.8 Å². The van der Waals surface area contributed by atoms with Crippen LogP contribution in [0.2, 0.25) is 0 Å². The third-order valence-electron chi connectivity index (χ3n) is 5.70. The zero-order valence-corrected chi connectivity index (χ0v) is 22.5. The zero-order valence-electron chi connectivity index (χ0n) is 22.5. The van der Waals surface area contributed by atoms with E-state index in [1.807, 2.05) is 64.1 Å². The van der Waals surface area contributed by atoms with E-state index in [1.165, 1.54) is 7.11 Å². The van der Waals surface area contributed by atoms with Crippen molar-refractivity contribution in [1.29, 1.82) is 0 Å². The molecule has 36 heavy (non-hydrogen) atoms. The Bertz CT molecular complexity index is 1150. The first-order valence-corrected chi connectivity index (χ1v) is 12.4. The van der Waals surface area contributed by atoms with Crippen molar-refractivity contribution in [3.63, 3.8) is 0 Å². The summed E-state index contributed by atoms with van der Waals surface area (Å²) >= 11 is 0. The normalized spacial score (nSPS) is 10.3. The monoisotopic (exact) mass is 490 g/mol. The number of ether oxygens (including phenoxy) is 3. The smallest absolute Gasteiger partial charge is 0.337 e. The van der Waals surface area contributed by atoms with Crippen LogP contribution in [0.1, 0.15) is 77.1 Å².